The maximum atomic E-state index is 12.0. The van der Waals surface area contributed by atoms with Gasteiger partial charge in [0.2, 0.25) is 0 Å². The van der Waals surface area contributed by atoms with Gasteiger partial charge in [-0.1, -0.05) is 54.6 Å². The number of hydrogen-bond donors (Lipinski definition) is 0. The SMILES string of the molecule is O=C(CSC(F)(F)F)c1ccc(-c2ccccc2)cc1. The molecular formula is C15H11F3OS. The van der Waals surface area contributed by atoms with Gasteiger partial charge in [0.05, 0.1) is 5.75 Å². The van der Waals surface area contributed by atoms with Crippen molar-refractivity contribution in [3.05, 3.63) is 60.2 Å². The molecule has 2 rings (SSSR count). The number of carbonyl (C=O) groups is 1. The number of hydrogen-bond acceptors (Lipinski definition) is 2. The van der Waals surface area contributed by atoms with Gasteiger partial charge in [-0.2, -0.15) is 13.2 Å². The molecule has 0 N–H and O–H groups in total. The van der Waals surface area contributed by atoms with Crippen LogP contribution in [0, 0.1) is 0 Å². The summed E-state index contributed by atoms with van der Waals surface area (Å²) in [6.45, 7) is 0. The minimum absolute atomic E-state index is 0.293. The zero-order chi connectivity index (χ0) is 14.6. The van der Waals surface area contributed by atoms with Gasteiger partial charge in [0.1, 0.15) is 0 Å². The third-order valence-electron chi connectivity index (χ3n) is 2.68. The van der Waals surface area contributed by atoms with Gasteiger partial charge in [-0.25, -0.2) is 0 Å². The largest absolute Gasteiger partial charge is 0.442 e. The van der Waals surface area contributed by atoms with Crippen LogP contribution in [-0.4, -0.2) is 17.0 Å². The molecule has 0 spiro atoms. The molecule has 0 saturated carbocycles. The van der Waals surface area contributed by atoms with E-state index in [0.717, 1.165) is 11.1 Å². The summed E-state index contributed by atoms with van der Waals surface area (Å²) in [6.07, 6.45) is 0. The number of Topliss-reactive ketones (excluding diaryl/α,β-unsaturated/α-hetero) is 1. The fraction of sp³-hybridized carbons (Fsp3) is 0.133. The Morgan fingerprint density at radius 2 is 1.45 bits per heavy atom. The molecule has 0 heterocycles. The van der Waals surface area contributed by atoms with Crippen molar-refractivity contribution in [1.29, 1.82) is 0 Å². The highest BCUT2D eigenvalue weighted by molar-refractivity contribution is 8.00. The van der Waals surface area contributed by atoms with Crippen LogP contribution in [0.3, 0.4) is 0 Å². The van der Waals surface area contributed by atoms with Crippen LogP contribution in [0.2, 0.25) is 0 Å². The van der Waals surface area contributed by atoms with Crippen molar-refractivity contribution < 1.29 is 18.0 Å². The predicted molar refractivity (Wildman–Crippen MR) is 74.7 cm³/mol. The molecule has 5 heteroatoms. The van der Waals surface area contributed by atoms with E-state index >= 15 is 0 Å². The Hall–Kier alpha value is -1.75. The number of rotatable bonds is 4. The molecule has 0 aliphatic rings. The second-order valence-corrected chi connectivity index (χ2v) is 5.14. The van der Waals surface area contributed by atoms with Gasteiger partial charge in [0.25, 0.3) is 0 Å². The molecule has 0 amide bonds. The lowest BCUT2D eigenvalue weighted by molar-refractivity contribution is -0.0327. The van der Waals surface area contributed by atoms with E-state index in [2.05, 4.69) is 0 Å². The summed E-state index contributed by atoms with van der Waals surface area (Å²) in [5, 5.41) is 0. The molecule has 0 bridgehead atoms. The van der Waals surface area contributed by atoms with Gasteiger partial charge < -0.3 is 0 Å². The van der Waals surface area contributed by atoms with Gasteiger partial charge in [0, 0.05) is 5.56 Å². The Morgan fingerprint density at radius 1 is 0.900 bits per heavy atom. The maximum absolute atomic E-state index is 12.0. The summed E-state index contributed by atoms with van der Waals surface area (Å²) in [7, 11) is 0. The van der Waals surface area contributed by atoms with E-state index in [4.69, 9.17) is 0 Å². The molecule has 2 aromatic carbocycles. The molecule has 0 aliphatic heterocycles. The van der Waals surface area contributed by atoms with E-state index < -0.39 is 17.0 Å². The second-order valence-electron chi connectivity index (χ2n) is 4.10. The summed E-state index contributed by atoms with van der Waals surface area (Å²) in [6, 6.07) is 16.1. The number of carbonyl (C=O) groups excluding carboxylic acids is 1. The van der Waals surface area contributed by atoms with Crippen LogP contribution in [0.15, 0.2) is 54.6 Å². The van der Waals surface area contributed by atoms with Crippen molar-refractivity contribution in [1.82, 2.24) is 0 Å². The fourth-order valence-electron chi connectivity index (χ4n) is 1.71. The average Bonchev–Trinajstić information content (AvgIpc) is 2.45. The van der Waals surface area contributed by atoms with E-state index in [-0.39, 0.29) is 11.8 Å². The van der Waals surface area contributed by atoms with Crippen LogP contribution in [-0.2, 0) is 0 Å². The topological polar surface area (TPSA) is 17.1 Å². The first-order valence-corrected chi connectivity index (χ1v) is 6.84. The normalized spacial score (nSPS) is 11.3. The molecule has 0 aromatic heterocycles. The zero-order valence-electron chi connectivity index (χ0n) is 10.4. The lowest BCUT2D eigenvalue weighted by Crippen LogP contribution is -2.09. The van der Waals surface area contributed by atoms with Crippen molar-refractivity contribution in [2.45, 2.75) is 5.51 Å². The molecule has 0 atom stereocenters. The van der Waals surface area contributed by atoms with Crippen molar-refractivity contribution in [2.24, 2.45) is 0 Å². The maximum Gasteiger partial charge on any atom is 0.442 e. The highest BCUT2D eigenvalue weighted by Crippen LogP contribution is 2.30. The Kier molecular flexibility index (Phi) is 4.49. The van der Waals surface area contributed by atoms with E-state index in [1.54, 1.807) is 24.3 Å². The minimum atomic E-state index is -4.38. The van der Waals surface area contributed by atoms with E-state index in [0.29, 0.717) is 5.56 Å². The lowest BCUT2D eigenvalue weighted by Gasteiger charge is -2.06. The van der Waals surface area contributed by atoms with E-state index in [1.165, 1.54) is 0 Å². The minimum Gasteiger partial charge on any atom is -0.293 e. The van der Waals surface area contributed by atoms with Crippen molar-refractivity contribution >= 4 is 17.5 Å². The zero-order valence-corrected chi connectivity index (χ0v) is 11.2. The number of alkyl halides is 3. The van der Waals surface area contributed by atoms with Gasteiger partial charge >= 0.3 is 5.51 Å². The molecular weight excluding hydrogens is 285 g/mol. The molecule has 0 radical (unpaired) electrons. The first-order chi connectivity index (χ1) is 9.46. The lowest BCUT2D eigenvalue weighted by atomic mass is 10.0. The van der Waals surface area contributed by atoms with Gasteiger partial charge in [-0.15, -0.1) is 0 Å². The molecule has 0 saturated heterocycles. The number of ketones is 1. The van der Waals surface area contributed by atoms with Gasteiger partial charge in [-0.3, -0.25) is 4.79 Å². The van der Waals surface area contributed by atoms with Crippen LogP contribution in [0.1, 0.15) is 10.4 Å². The smallest absolute Gasteiger partial charge is 0.293 e. The van der Waals surface area contributed by atoms with Gasteiger partial charge in [-0.05, 0) is 22.9 Å². The quantitative estimate of drug-likeness (QED) is 0.755. The van der Waals surface area contributed by atoms with Crippen LogP contribution >= 0.6 is 11.8 Å². The van der Waals surface area contributed by atoms with Crippen LogP contribution in [0.5, 0.6) is 0 Å². The number of benzene rings is 2. The van der Waals surface area contributed by atoms with Crippen molar-refractivity contribution in [3.8, 4) is 11.1 Å². The first-order valence-electron chi connectivity index (χ1n) is 5.85. The number of thioether (sulfide) groups is 1. The van der Waals surface area contributed by atoms with Crippen molar-refractivity contribution in [2.75, 3.05) is 5.75 Å². The van der Waals surface area contributed by atoms with Gasteiger partial charge in [0.15, 0.2) is 5.78 Å². The Labute approximate surface area is 118 Å². The summed E-state index contributed by atoms with van der Waals surface area (Å²) in [5.74, 6) is -1.11. The Bertz CT molecular complexity index is 576. The molecule has 0 fully saturated rings. The highest BCUT2D eigenvalue weighted by Gasteiger charge is 2.29. The summed E-state index contributed by atoms with van der Waals surface area (Å²) in [4.78, 5) is 11.6. The van der Waals surface area contributed by atoms with Crippen LogP contribution in [0.4, 0.5) is 13.2 Å². The monoisotopic (exact) mass is 296 g/mol. The summed E-state index contributed by atoms with van der Waals surface area (Å²) < 4.78 is 36.1. The summed E-state index contributed by atoms with van der Waals surface area (Å²) >= 11 is -0.312. The molecule has 1 nitrogen and oxygen atoms in total. The predicted octanol–water partition coefficient (Wildman–Crippen LogP) is 4.79. The van der Waals surface area contributed by atoms with Crippen molar-refractivity contribution in [3.63, 3.8) is 0 Å². The Morgan fingerprint density at radius 3 is 2.00 bits per heavy atom. The van der Waals surface area contributed by atoms with E-state index in [1.807, 2.05) is 30.3 Å². The highest BCUT2D eigenvalue weighted by atomic mass is 32.2. The molecule has 0 unspecified atom stereocenters. The Balaban J connectivity index is 2.07. The molecule has 0 aliphatic carbocycles. The molecule has 20 heavy (non-hydrogen) atoms. The second kappa shape index (κ2) is 6.13. The third kappa shape index (κ3) is 4.13. The molecule has 2 aromatic rings. The fourth-order valence-corrected chi connectivity index (χ4v) is 2.17. The van der Waals surface area contributed by atoms with Crippen LogP contribution in [0.25, 0.3) is 11.1 Å². The standard InChI is InChI=1S/C15H11F3OS/c16-15(17,18)20-10-14(19)13-8-6-12(7-9-13)11-4-2-1-3-5-11/h1-9H,10H2. The van der Waals surface area contributed by atoms with E-state index in [9.17, 15) is 18.0 Å². The molecule has 104 valence electrons. The number of halogens is 3. The third-order valence-corrected chi connectivity index (χ3v) is 3.41. The summed E-state index contributed by atoms with van der Waals surface area (Å²) in [5.41, 5.74) is -2.16. The average molecular weight is 296 g/mol. The first kappa shape index (κ1) is 14.7. The van der Waals surface area contributed by atoms with Crippen LogP contribution < -0.4 is 0 Å².